The molecule has 15 heavy (non-hydrogen) atoms. The fourth-order valence-corrected chi connectivity index (χ4v) is 6.12. The fraction of sp³-hybridized carbons (Fsp3) is 0.385. The van der Waals surface area contributed by atoms with Gasteiger partial charge in [-0.15, -0.1) is 6.42 Å². The van der Waals surface area contributed by atoms with Crippen LogP contribution < -0.4 is 0 Å². The third-order valence-electron chi connectivity index (χ3n) is 2.09. The van der Waals surface area contributed by atoms with Crippen LogP contribution in [0.4, 0.5) is 0 Å². The van der Waals surface area contributed by atoms with E-state index in [4.69, 9.17) is 0 Å². The van der Waals surface area contributed by atoms with Crippen LogP contribution in [0.5, 0.6) is 0 Å². The van der Waals surface area contributed by atoms with Gasteiger partial charge in [0.2, 0.25) is 0 Å². The smallest absolute Gasteiger partial charge is 1.00 e. The molecule has 0 saturated heterocycles. The Morgan fingerprint density at radius 1 is 1.20 bits per heavy atom. The predicted octanol–water partition coefficient (Wildman–Crippen LogP) is 4.08. The molecule has 0 radical (unpaired) electrons. The van der Waals surface area contributed by atoms with Crippen molar-refractivity contribution < 1.29 is 29.1 Å². The zero-order valence-electron chi connectivity index (χ0n) is 11.8. The van der Waals surface area contributed by atoms with E-state index in [0.717, 1.165) is 12.8 Å². The van der Waals surface area contributed by atoms with Crippen LogP contribution in [-0.2, 0) is 26.2 Å². The first-order chi connectivity index (χ1) is 6.61. The SMILES string of the molecule is [C-]1=CC=CC1.[CH3][Pb]([CH3])([CH3])[C]1=[C-]CC=C1.[H-].[H-].[Zr+4]. The van der Waals surface area contributed by atoms with Crippen LogP contribution in [0.1, 0.15) is 15.7 Å². The first-order valence-corrected chi connectivity index (χ1v) is 18.7. The van der Waals surface area contributed by atoms with Crippen LogP contribution in [0.2, 0.25) is 13.4 Å². The molecule has 0 aliphatic heterocycles. The van der Waals surface area contributed by atoms with Crippen molar-refractivity contribution in [3.8, 4) is 0 Å². The standard InChI is InChI=1S/C5H5.C5H4.3CH3.Pb.Zr.2H/c2*1-2-4-5-3-1;;;;;;;/h1-3H,4H2;1-2H,3H2;3*1H3;;;;/q2*-1;;;;;+4;2*-1. The molecule has 0 spiro atoms. The molecule has 0 atom stereocenters. The first-order valence-electron chi connectivity index (χ1n) is 5.10. The Balaban J connectivity index is -0.000000216. The molecule has 0 aromatic rings. The average molecular weight is 475 g/mol. The van der Waals surface area contributed by atoms with Crippen LogP contribution in [0.25, 0.3) is 0 Å². The van der Waals surface area contributed by atoms with E-state index < -0.39 is 21.2 Å². The number of allylic oxidation sites excluding steroid dienone is 8. The van der Waals surface area contributed by atoms with E-state index in [1.165, 1.54) is 0 Å². The van der Waals surface area contributed by atoms with Crippen LogP contribution in [-0.4, -0.2) is 21.2 Å². The van der Waals surface area contributed by atoms with Gasteiger partial charge in [0.1, 0.15) is 0 Å². The van der Waals surface area contributed by atoms with Gasteiger partial charge < -0.3 is 2.85 Å². The summed E-state index contributed by atoms with van der Waals surface area (Å²) in [6.45, 7) is 0. The maximum absolute atomic E-state index is 3.40. The summed E-state index contributed by atoms with van der Waals surface area (Å²) in [6.07, 6.45) is 18.9. The monoisotopic (exact) mass is 474 g/mol. The molecule has 2 rings (SSSR count). The van der Waals surface area contributed by atoms with Gasteiger partial charge in [-0.3, -0.25) is 6.08 Å². The molecule has 80 valence electrons. The second-order valence-electron chi connectivity index (χ2n) is 4.45. The Labute approximate surface area is 121 Å². The van der Waals surface area contributed by atoms with E-state index >= 15 is 0 Å². The molecule has 0 saturated carbocycles. The minimum atomic E-state index is -1.79. The Bertz CT molecular complexity index is 289. The van der Waals surface area contributed by atoms with Gasteiger partial charge in [-0.2, -0.15) is 6.08 Å². The minimum absolute atomic E-state index is 0. The number of rotatable bonds is 1. The van der Waals surface area contributed by atoms with Crippen molar-refractivity contribution in [2.24, 2.45) is 0 Å². The van der Waals surface area contributed by atoms with E-state index in [1.54, 1.807) is 3.13 Å². The van der Waals surface area contributed by atoms with Crippen LogP contribution in [0.3, 0.4) is 0 Å². The van der Waals surface area contributed by atoms with Crippen molar-refractivity contribution in [3.63, 3.8) is 0 Å². The van der Waals surface area contributed by atoms with Crippen LogP contribution in [0.15, 0.2) is 33.5 Å². The minimum Gasteiger partial charge on any atom is -1.00 e. The van der Waals surface area contributed by atoms with E-state index in [0.29, 0.717) is 0 Å². The Morgan fingerprint density at radius 2 is 1.93 bits per heavy atom. The van der Waals surface area contributed by atoms with E-state index in [9.17, 15) is 0 Å². The molecule has 0 bridgehead atoms. The molecule has 0 aromatic carbocycles. The molecule has 2 heteroatoms. The average Bonchev–Trinajstić information content (AvgIpc) is 2.80. The summed E-state index contributed by atoms with van der Waals surface area (Å²) in [6, 6.07) is 0. The molecule has 2 aliphatic carbocycles. The maximum atomic E-state index is 3.40. The molecular weight excluding hydrogens is 455 g/mol. The summed E-state index contributed by atoms with van der Waals surface area (Å²) in [7, 11) is 0. The molecule has 0 N–H and O–H groups in total. The quantitative estimate of drug-likeness (QED) is 0.397. The second kappa shape index (κ2) is 7.95. The maximum Gasteiger partial charge on any atom is 4.00 e. The third-order valence-corrected chi connectivity index (χ3v) is 9.71. The van der Waals surface area contributed by atoms with Gasteiger partial charge in [-0.05, 0) is 0 Å². The summed E-state index contributed by atoms with van der Waals surface area (Å²) in [4.78, 5) is 0. The zero-order chi connectivity index (χ0) is 10.4. The van der Waals surface area contributed by atoms with Gasteiger partial charge >= 0.3 is 88.6 Å². The summed E-state index contributed by atoms with van der Waals surface area (Å²) >= 11 is -1.79. The third kappa shape index (κ3) is 6.83. The molecule has 0 amide bonds. The Kier molecular flexibility index (Phi) is 8.35. The Morgan fingerprint density at radius 3 is 2.13 bits per heavy atom. The van der Waals surface area contributed by atoms with E-state index in [1.807, 2.05) is 12.2 Å². The Hall–Kier alpha value is 0.765. The predicted molar refractivity (Wildman–Crippen MR) is 67.7 cm³/mol. The van der Waals surface area contributed by atoms with Gasteiger partial charge in [0.15, 0.2) is 0 Å². The molecule has 0 unspecified atom stereocenters. The fourth-order valence-electron chi connectivity index (χ4n) is 1.26. The van der Waals surface area contributed by atoms with Crippen molar-refractivity contribution in [2.75, 3.05) is 0 Å². The topological polar surface area (TPSA) is 0 Å². The van der Waals surface area contributed by atoms with Gasteiger partial charge in [0, 0.05) is 0 Å². The van der Waals surface area contributed by atoms with Gasteiger partial charge in [-0.1, -0.05) is 0 Å². The molecule has 0 aromatic heterocycles. The van der Waals surface area contributed by atoms with Gasteiger partial charge in [-0.25, -0.2) is 12.2 Å². The largest absolute Gasteiger partial charge is 4.00 e. The van der Waals surface area contributed by atoms with Crippen molar-refractivity contribution in [3.05, 3.63) is 45.7 Å². The van der Waals surface area contributed by atoms with E-state index in [2.05, 4.69) is 43.8 Å². The van der Waals surface area contributed by atoms with Crippen LogP contribution in [0, 0.1) is 12.2 Å². The second-order valence-corrected chi connectivity index (χ2v) is 24.0. The van der Waals surface area contributed by atoms with Crippen molar-refractivity contribution in [1.82, 2.24) is 0 Å². The summed E-state index contributed by atoms with van der Waals surface area (Å²) in [5.74, 6) is 0. The zero-order valence-corrected chi connectivity index (χ0v) is 16.1. The number of hydrogen-bond acceptors (Lipinski definition) is 0. The molecular formula is C13H20PbZr. The summed E-state index contributed by atoms with van der Waals surface area (Å²) < 4.78 is 8.88. The molecule has 0 nitrogen and oxygen atoms in total. The normalized spacial score (nSPS) is 16.9. The van der Waals surface area contributed by atoms with Crippen molar-refractivity contribution in [2.45, 2.75) is 26.3 Å². The van der Waals surface area contributed by atoms with E-state index in [-0.39, 0.29) is 29.1 Å². The van der Waals surface area contributed by atoms with Crippen molar-refractivity contribution in [1.29, 1.82) is 0 Å². The van der Waals surface area contributed by atoms with Crippen molar-refractivity contribution >= 4 is 21.2 Å². The number of hydrogen-bond donors (Lipinski definition) is 0. The molecule has 0 fully saturated rings. The summed E-state index contributed by atoms with van der Waals surface area (Å²) in [5.41, 5.74) is 0. The molecule has 2 aliphatic rings. The van der Waals surface area contributed by atoms with Gasteiger partial charge in [0.05, 0.1) is 0 Å². The molecule has 0 heterocycles. The van der Waals surface area contributed by atoms with Gasteiger partial charge in [0.25, 0.3) is 0 Å². The van der Waals surface area contributed by atoms with Crippen LogP contribution >= 0.6 is 0 Å². The first kappa shape index (κ1) is 15.8. The summed E-state index contributed by atoms with van der Waals surface area (Å²) in [5, 5.41) is 0.